The summed E-state index contributed by atoms with van der Waals surface area (Å²) in [4.78, 5) is 19.5. The molecule has 7 heteroatoms. The minimum Gasteiger partial charge on any atom is -0.493 e. The molecule has 6 nitrogen and oxygen atoms in total. The maximum atomic E-state index is 13.0. The Labute approximate surface area is 186 Å². The third-order valence-corrected chi connectivity index (χ3v) is 6.11. The van der Waals surface area contributed by atoms with Crippen LogP contribution in [-0.2, 0) is 11.2 Å². The van der Waals surface area contributed by atoms with Gasteiger partial charge in [-0.2, -0.15) is 5.26 Å². The molecule has 31 heavy (non-hydrogen) atoms. The molecule has 0 bridgehead atoms. The van der Waals surface area contributed by atoms with Crippen molar-refractivity contribution >= 4 is 17.2 Å². The van der Waals surface area contributed by atoms with Crippen molar-refractivity contribution in [3.8, 4) is 28.1 Å². The number of amides is 1. The molecule has 1 aromatic heterocycles. The van der Waals surface area contributed by atoms with E-state index < -0.39 is 0 Å². The van der Waals surface area contributed by atoms with E-state index in [0.29, 0.717) is 23.6 Å². The summed E-state index contributed by atoms with van der Waals surface area (Å²) in [7, 11) is 3.20. The Balaban J connectivity index is 1.74. The van der Waals surface area contributed by atoms with Crippen LogP contribution in [0.1, 0.15) is 36.7 Å². The molecule has 0 aliphatic heterocycles. The van der Waals surface area contributed by atoms with Gasteiger partial charge in [0.25, 0.3) is 0 Å². The molecule has 2 aromatic carbocycles. The molecule has 0 aliphatic rings. The van der Waals surface area contributed by atoms with E-state index in [-0.39, 0.29) is 18.4 Å². The SMILES string of the molecule is CCN(C(=O)Cc1csc(-c2ccc(OC)c(OC)c2)n1)C(C)c1ccc(C#N)cc1. The summed E-state index contributed by atoms with van der Waals surface area (Å²) < 4.78 is 10.7. The van der Waals surface area contributed by atoms with Gasteiger partial charge < -0.3 is 14.4 Å². The van der Waals surface area contributed by atoms with Gasteiger partial charge in [-0.3, -0.25) is 4.79 Å². The van der Waals surface area contributed by atoms with Crippen molar-refractivity contribution < 1.29 is 14.3 Å². The van der Waals surface area contributed by atoms with E-state index in [4.69, 9.17) is 14.7 Å². The number of thiazole rings is 1. The smallest absolute Gasteiger partial charge is 0.229 e. The maximum Gasteiger partial charge on any atom is 0.229 e. The van der Waals surface area contributed by atoms with Crippen LogP contribution in [0.5, 0.6) is 11.5 Å². The molecule has 1 unspecified atom stereocenters. The van der Waals surface area contributed by atoms with Crippen LogP contribution in [0.4, 0.5) is 0 Å². The molecule has 1 heterocycles. The quantitative estimate of drug-likeness (QED) is 0.505. The zero-order valence-corrected chi connectivity index (χ0v) is 18.9. The summed E-state index contributed by atoms with van der Waals surface area (Å²) >= 11 is 1.50. The van der Waals surface area contributed by atoms with E-state index >= 15 is 0 Å². The van der Waals surface area contributed by atoms with Crippen LogP contribution in [0.25, 0.3) is 10.6 Å². The molecule has 0 fully saturated rings. The topological polar surface area (TPSA) is 75.5 Å². The molecule has 0 aliphatic carbocycles. The Hall–Kier alpha value is -3.37. The van der Waals surface area contributed by atoms with Crippen LogP contribution in [0, 0.1) is 11.3 Å². The molecule has 0 saturated carbocycles. The van der Waals surface area contributed by atoms with Crippen LogP contribution in [-0.4, -0.2) is 36.6 Å². The van der Waals surface area contributed by atoms with E-state index in [0.717, 1.165) is 21.8 Å². The van der Waals surface area contributed by atoms with E-state index in [9.17, 15) is 4.79 Å². The van der Waals surface area contributed by atoms with Gasteiger partial charge in [0.2, 0.25) is 5.91 Å². The van der Waals surface area contributed by atoms with Crippen LogP contribution in [0.2, 0.25) is 0 Å². The Morgan fingerprint density at radius 3 is 2.48 bits per heavy atom. The largest absolute Gasteiger partial charge is 0.493 e. The molecule has 3 rings (SSSR count). The zero-order valence-electron chi connectivity index (χ0n) is 18.1. The number of nitriles is 1. The number of aromatic nitrogens is 1. The maximum absolute atomic E-state index is 13.0. The number of rotatable bonds is 8. The van der Waals surface area contributed by atoms with E-state index in [1.54, 1.807) is 26.4 Å². The summed E-state index contributed by atoms with van der Waals surface area (Å²) in [6, 6.07) is 15.0. The third kappa shape index (κ3) is 5.04. The van der Waals surface area contributed by atoms with Gasteiger partial charge in [0, 0.05) is 17.5 Å². The number of ether oxygens (including phenoxy) is 2. The highest BCUT2D eigenvalue weighted by molar-refractivity contribution is 7.13. The predicted octanol–water partition coefficient (Wildman–Crippen LogP) is 4.85. The zero-order chi connectivity index (χ0) is 22.4. The Morgan fingerprint density at radius 1 is 1.16 bits per heavy atom. The lowest BCUT2D eigenvalue weighted by molar-refractivity contribution is -0.132. The molecule has 160 valence electrons. The Bertz CT molecular complexity index is 1090. The number of carbonyl (C=O) groups is 1. The number of hydrogen-bond acceptors (Lipinski definition) is 6. The van der Waals surface area contributed by atoms with Gasteiger partial charge in [0.05, 0.1) is 44.0 Å². The lowest BCUT2D eigenvalue weighted by Crippen LogP contribution is -2.34. The number of hydrogen-bond donors (Lipinski definition) is 0. The number of nitrogens with zero attached hydrogens (tertiary/aromatic N) is 3. The number of carbonyl (C=O) groups excluding carboxylic acids is 1. The highest BCUT2D eigenvalue weighted by Crippen LogP contribution is 2.33. The molecular weight excluding hydrogens is 410 g/mol. The van der Waals surface area contributed by atoms with E-state index in [1.807, 2.05) is 54.5 Å². The van der Waals surface area contributed by atoms with E-state index in [1.165, 1.54) is 11.3 Å². The molecule has 1 atom stereocenters. The van der Waals surface area contributed by atoms with Gasteiger partial charge in [-0.1, -0.05) is 12.1 Å². The number of methoxy groups -OCH3 is 2. The lowest BCUT2D eigenvalue weighted by atomic mass is 10.0. The average molecular weight is 436 g/mol. The third-order valence-electron chi connectivity index (χ3n) is 5.17. The molecule has 3 aromatic rings. The van der Waals surface area contributed by atoms with Gasteiger partial charge in [-0.05, 0) is 49.7 Å². The first-order chi connectivity index (χ1) is 15.0. The second-order valence-corrected chi connectivity index (χ2v) is 7.84. The fraction of sp³-hybridized carbons (Fsp3) is 0.292. The van der Waals surface area contributed by atoms with Crippen molar-refractivity contribution in [1.82, 2.24) is 9.88 Å². The summed E-state index contributed by atoms with van der Waals surface area (Å²) in [5.41, 5.74) is 3.26. The van der Waals surface area contributed by atoms with Gasteiger partial charge in [-0.25, -0.2) is 4.98 Å². The molecule has 0 N–H and O–H groups in total. The number of likely N-dealkylation sites (N-methyl/N-ethyl adjacent to an activating group) is 1. The highest BCUT2D eigenvalue weighted by Gasteiger charge is 2.21. The normalized spacial score (nSPS) is 11.5. The number of benzene rings is 2. The summed E-state index contributed by atoms with van der Waals surface area (Å²) in [5, 5.41) is 11.7. The average Bonchev–Trinajstić information content (AvgIpc) is 3.27. The van der Waals surface area contributed by atoms with Crippen molar-refractivity contribution in [3.63, 3.8) is 0 Å². The first-order valence-corrected chi connectivity index (χ1v) is 10.8. The predicted molar refractivity (Wildman–Crippen MR) is 121 cm³/mol. The van der Waals surface area contributed by atoms with Gasteiger partial charge >= 0.3 is 0 Å². The van der Waals surface area contributed by atoms with Crippen LogP contribution in [0.15, 0.2) is 47.8 Å². The van der Waals surface area contributed by atoms with Gasteiger partial charge in [-0.15, -0.1) is 11.3 Å². The molecule has 0 radical (unpaired) electrons. The fourth-order valence-electron chi connectivity index (χ4n) is 3.43. The standard InChI is InChI=1S/C24H25N3O3S/c1-5-27(16(2)18-8-6-17(14-25)7-9-18)23(28)13-20-15-31-24(26-20)19-10-11-21(29-3)22(12-19)30-4/h6-12,15-16H,5,13H2,1-4H3. The minimum absolute atomic E-state index is 0.0171. The van der Waals surface area contributed by atoms with Crippen molar-refractivity contribution in [2.24, 2.45) is 0 Å². The molecule has 0 saturated heterocycles. The van der Waals surface area contributed by atoms with Crippen molar-refractivity contribution in [1.29, 1.82) is 5.26 Å². The molecule has 1 amide bonds. The van der Waals surface area contributed by atoms with Crippen LogP contribution >= 0.6 is 11.3 Å². The van der Waals surface area contributed by atoms with Crippen LogP contribution < -0.4 is 9.47 Å². The van der Waals surface area contributed by atoms with Gasteiger partial charge in [0.1, 0.15) is 5.01 Å². The second kappa shape index (κ2) is 10.1. The first-order valence-electron chi connectivity index (χ1n) is 9.97. The highest BCUT2D eigenvalue weighted by atomic mass is 32.1. The molecular formula is C24H25N3O3S. The Morgan fingerprint density at radius 2 is 1.87 bits per heavy atom. The van der Waals surface area contributed by atoms with Crippen molar-refractivity contribution in [3.05, 3.63) is 64.7 Å². The Kier molecular flexibility index (Phi) is 7.27. The summed E-state index contributed by atoms with van der Waals surface area (Å²) in [5.74, 6) is 1.32. The molecule has 0 spiro atoms. The van der Waals surface area contributed by atoms with Crippen molar-refractivity contribution in [2.75, 3.05) is 20.8 Å². The first kappa shape index (κ1) is 22.3. The summed E-state index contributed by atoms with van der Waals surface area (Å²) in [6.07, 6.45) is 0.234. The fourth-order valence-corrected chi connectivity index (χ4v) is 4.25. The van der Waals surface area contributed by atoms with Crippen molar-refractivity contribution in [2.45, 2.75) is 26.3 Å². The van der Waals surface area contributed by atoms with Crippen LogP contribution in [0.3, 0.4) is 0 Å². The summed E-state index contributed by atoms with van der Waals surface area (Å²) in [6.45, 7) is 4.56. The second-order valence-electron chi connectivity index (χ2n) is 6.98. The minimum atomic E-state index is -0.0887. The van der Waals surface area contributed by atoms with Gasteiger partial charge in [0.15, 0.2) is 11.5 Å². The lowest BCUT2D eigenvalue weighted by Gasteiger charge is -2.28. The van der Waals surface area contributed by atoms with E-state index in [2.05, 4.69) is 11.1 Å². The monoisotopic (exact) mass is 435 g/mol.